The number of esters is 1. The van der Waals surface area contributed by atoms with E-state index >= 15 is 0 Å². The first-order valence-electron chi connectivity index (χ1n) is 26.8. The number of carbonyl (C=O) groups excluding carboxylic acids is 1. The van der Waals surface area contributed by atoms with Gasteiger partial charge in [-0.15, -0.1) is 0 Å². The maximum Gasteiger partial charge on any atom is 0.306 e. The Morgan fingerprint density at radius 1 is 0.465 bits per heavy atom. The molecule has 14 heteroatoms. The van der Waals surface area contributed by atoms with E-state index in [-0.39, 0.29) is 19.6 Å². The number of hydrogen-bond acceptors (Lipinski definition) is 14. The molecule has 2 rings (SSSR count). The quantitative estimate of drug-likeness (QED) is 0.0174. The minimum absolute atomic E-state index is 0.0373. The van der Waals surface area contributed by atoms with Gasteiger partial charge in [0.05, 0.1) is 26.4 Å². The van der Waals surface area contributed by atoms with E-state index in [0.717, 1.165) is 109 Å². The number of aliphatic hydroxyl groups excluding tert-OH is 7. The van der Waals surface area contributed by atoms with Crippen LogP contribution in [0.25, 0.3) is 0 Å². The van der Waals surface area contributed by atoms with Crippen LogP contribution in [-0.2, 0) is 33.2 Å². The second-order valence-corrected chi connectivity index (χ2v) is 18.3. The second kappa shape index (κ2) is 43.3. The number of ether oxygens (including phenoxy) is 6. The molecule has 2 aliphatic heterocycles. The first-order valence-corrected chi connectivity index (χ1v) is 26.8. The van der Waals surface area contributed by atoms with Crippen molar-refractivity contribution < 1.29 is 69.0 Å². The SMILES string of the molecule is CC/C=C\C/C=C\C/C=C\C/C=C\CCCCCCCCCOCC(COC1OC(COC2OC(CO)C(O)C(O)C2O)C(O)C(O)C1O)OC(=O)CCCCCC/C=C\C/C=C\C/C=C\C/C=C\CC. The minimum atomic E-state index is -1.72. The number of aliphatic hydroxyl groups is 7. The lowest BCUT2D eigenvalue weighted by atomic mass is 9.98. The van der Waals surface area contributed by atoms with Gasteiger partial charge < -0.3 is 64.2 Å². The molecule has 0 spiro atoms. The van der Waals surface area contributed by atoms with E-state index in [2.05, 4.69) is 111 Å². The molecule has 0 aromatic heterocycles. The third-order valence-corrected chi connectivity index (χ3v) is 12.1. The highest BCUT2D eigenvalue weighted by atomic mass is 16.7. The Kier molecular flexibility index (Phi) is 39.1. The van der Waals surface area contributed by atoms with Crippen LogP contribution >= 0.6 is 0 Å². The van der Waals surface area contributed by atoms with Crippen LogP contribution in [0.4, 0.5) is 0 Å². The van der Waals surface area contributed by atoms with Gasteiger partial charge in [0, 0.05) is 13.0 Å². The molecule has 11 atom stereocenters. The van der Waals surface area contributed by atoms with Gasteiger partial charge in [-0.25, -0.2) is 0 Å². The molecule has 0 bridgehead atoms. The van der Waals surface area contributed by atoms with E-state index in [1.54, 1.807) is 0 Å². The van der Waals surface area contributed by atoms with E-state index in [0.29, 0.717) is 13.0 Å². The number of unbranched alkanes of at least 4 members (excludes halogenated alkanes) is 11. The Hall–Kier alpha value is -3.09. The Morgan fingerprint density at radius 3 is 1.37 bits per heavy atom. The molecule has 0 aromatic rings. The smallest absolute Gasteiger partial charge is 0.306 e. The summed E-state index contributed by atoms with van der Waals surface area (Å²) in [5, 5.41) is 72.2. The van der Waals surface area contributed by atoms with Crippen LogP contribution in [0.15, 0.2) is 97.2 Å². The average molecular weight is 1000 g/mol. The number of allylic oxidation sites excluding steroid dienone is 16. The first-order chi connectivity index (χ1) is 34.6. The Labute approximate surface area is 426 Å². The van der Waals surface area contributed by atoms with Crippen molar-refractivity contribution in [1.82, 2.24) is 0 Å². The predicted molar refractivity (Wildman–Crippen MR) is 279 cm³/mol. The van der Waals surface area contributed by atoms with Crippen molar-refractivity contribution in [3.63, 3.8) is 0 Å². The fourth-order valence-electron chi connectivity index (χ4n) is 7.80. The standard InChI is InChI=1S/C57H94O14/c1-3-5-7-9-11-13-15-17-19-21-22-23-25-27-29-31-33-35-37-39-41-66-43-46(69-49(59)40-38-36-34-32-30-28-26-24-20-18-16-14-12-10-8-6-4-2)44-67-56-55(65)53(63)51(61)48(71-56)45-68-57-54(64)52(62)50(60)47(42-58)70-57/h5-8,11-14,17-20,22-23,26,28,46-48,50-58,60-65H,3-4,9-10,15-16,21,24-25,27,29-45H2,1-2H3/b7-5-,8-6-,13-11-,14-12-,19-17-,20-18-,23-22-,28-26-. The van der Waals surface area contributed by atoms with E-state index in [1.165, 1.54) is 19.3 Å². The van der Waals surface area contributed by atoms with Gasteiger partial charge in [0.25, 0.3) is 0 Å². The van der Waals surface area contributed by atoms with Crippen molar-refractivity contribution in [1.29, 1.82) is 0 Å². The van der Waals surface area contributed by atoms with Gasteiger partial charge in [0.1, 0.15) is 54.9 Å². The van der Waals surface area contributed by atoms with Crippen LogP contribution in [0.1, 0.15) is 155 Å². The van der Waals surface area contributed by atoms with Crippen LogP contribution in [0, 0.1) is 0 Å². The normalized spacial score (nSPS) is 26.1. The predicted octanol–water partition coefficient (Wildman–Crippen LogP) is 8.63. The molecule has 0 aliphatic carbocycles. The van der Waals surface area contributed by atoms with Crippen LogP contribution in [-0.4, -0.2) is 142 Å². The summed E-state index contributed by atoms with van der Waals surface area (Å²) in [4.78, 5) is 13.0. The van der Waals surface area contributed by atoms with Crippen LogP contribution in [0.2, 0.25) is 0 Å². The maximum absolute atomic E-state index is 13.0. The minimum Gasteiger partial charge on any atom is -0.457 e. The highest BCUT2D eigenvalue weighted by Crippen LogP contribution is 2.26. The number of hydrogen-bond donors (Lipinski definition) is 7. The van der Waals surface area contributed by atoms with Crippen LogP contribution in [0.3, 0.4) is 0 Å². The monoisotopic (exact) mass is 1000 g/mol. The van der Waals surface area contributed by atoms with Gasteiger partial charge in [-0.3, -0.25) is 4.79 Å². The molecule has 7 N–H and O–H groups in total. The zero-order valence-electron chi connectivity index (χ0n) is 43.2. The topological polar surface area (TPSA) is 214 Å². The molecular weight excluding hydrogens is 909 g/mol. The first kappa shape index (κ1) is 64.0. The summed E-state index contributed by atoms with van der Waals surface area (Å²) in [6.07, 6.45) is 40.3. The van der Waals surface area contributed by atoms with Crippen LogP contribution in [0.5, 0.6) is 0 Å². The van der Waals surface area contributed by atoms with Gasteiger partial charge in [-0.2, -0.15) is 0 Å². The van der Waals surface area contributed by atoms with Crippen molar-refractivity contribution in [2.24, 2.45) is 0 Å². The fraction of sp³-hybridized carbons (Fsp3) is 0.702. The third-order valence-electron chi connectivity index (χ3n) is 12.1. The summed E-state index contributed by atoms with van der Waals surface area (Å²) in [7, 11) is 0. The van der Waals surface area contributed by atoms with E-state index < -0.39 is 86.7 Å². The molecule has 2 aliphatic rings. The molecule has 2 heterocycles. The fourth-order valence-corrected chi connectivity index (χ4v) is 7.80. The molecule has 14 nitrogen and oxygen atoms in total. The van der Waals surface area contributed by atoms with Crippen LogP contribution < -0.4 is 0 Å². The van der Waals surface area contributed by atoms with Gasteiger partial charge >= 0.3 is 5.97 Å². The molecular formula is C57H94O14. The molecule has 11 unspecified atom stereocenters. The maximum atomic E-state index is 13.0. The Bertz CT molecular complexity index is 1540. The molecule has 2 saturated heterocycles. The summed E-state index contributed by atoms with van der Waals surface area (Å²) in [6.45, 7) is 3.38. The van der Waals surface area contributed by atoms with Crippen molar-refractivity contribution in [3.8, 4) is 0 Å². The van der Waals surface area contributed by atoms with Crippen molar-refractivity contribution in [2.45, 2.75) is 223 Å². The van der Waals surface area contributed by atoms with E-state index in [1.807, 2.05) is 0 Å². The van der Waals surface area contributed by atoms with E-state index in [9.17, 15) is 40.5 Å². The van der Waals surface area contributed by atoms with Crippen molar-refractivity contribution in [2.75, 3.05) is 33.0 Å². The Morgan fingerprint density at radius 2 is 0.873 bits per heavy atom. The third kappa shape index (κ3) is 30.6. The number of carbonyl (C=O) groups is 1. The molecule has 0 saturated carbocycles. The highest BCUT2D eigenvalue weighted by molar-refractivity contribution is 5.69. The molecule has 0 aromatic carbocycles. The molecule has 406 valence electrons. The van der Waals surface area contributed by atoms with E-state index in [4.69, 9.17) is 28.4 Å². The van der Waals surface area contributed by atoms with Crippen molar-refractivity contribution >= 4 is 5.97 Å². The van der Waals surface area contributed by atoms with Gasteiger partial charge in [0.2, 0.25) is 0 Å². The molecule has 2 fully saturated rings. The van der Waals surface area contributed by atoms with Crippen molar-refractivity contribution in [3.05, 3.63) is 97.2 Å². The summed E-state index contributed by atoms with van der Waals surface area (Å²) >= 11 is 0. The molecule has 71 heavy (non-hydrogen) atoms. The summed E-state index contributed by atoms with van der Waals surface area (Å²) < 4.78 is 34.3. The zero-order chi connectivity index (χ0) is 51.6. The second-order valence-electron chi connectivity index (χ2n) is 18.3. The van der Waals surface area contributed by atoms with Gasteiger partial charge in [-0.05, 0) is 89.9 Å². The summed E-state index contributed by atoms with van der Waals surface area (Å²) in [5.41, 5.74) is 0. The Balaban J connectivity index is 1.77. The van der Waals surface area contributed by atoms with Gasteiger partial charge in [-0.1, -0.05) is 156 Å². The lowest BCUT2D eigenvalue weighted by Crippen LogP contribution is -2.61. The molecule has 0 radical (unpaired) electrons. The number of rotatable bonds is 41. The summed E-state index contributed by atoms with van der Waals surface area (Å²) in [6, 6.07) is 0. The largest absolute Gasteiger partial charge is 0.457 e. The zero-order valence-corrected chi connectivity index (χ0v) is 43.2. The lowest BCUT2D eigenvalue weighted by molar-refractivity contribution is -0.332. The molecule has 0 amide bonds. The lowest BCUT2D eigenvalue weighted by Gasteiger charge is -2.42. The van der Waals surface area contributed by atoms with Gasteiger partial charge in [0.15, 0.2) is 12.6 Å². The average Bonchev–Trinajstić information content (AvgIpc) is 3.37. The highest BCUT2D eigenvalue weighted by Gasteiger charge is 2.47. The summed E-state index contributed by atoms with van der Waals surface area (Å²) in [5.74, 6) is -0.408.